The summed E-state index contributed by atoms with van der Waals surface area (Å²) < 4.78 is 5.68. The van der Waals surface area contributed by atoms with Gasteiger partial charge >= 0.3 is 5.97 Å². The van der Waals surface area contributed by atoms with Crippen LogP contribution in [0.3, 0.4) is 0 Å². The zero-order valence-electron chi connectivity index (χ0n) is 10.8. The second-order valence-corrected chi connectivity index (χ2v) is 4.52. The minimum absolute atomic E-state index is 0.141. The third-order valence-electron chi connectivity index (χ3n) is 2.91. The number of furan rings is 1. The molecule has 3 heteroatoms. The van der Waals surface area contributed by atoms with Crippen LogP contribution in [0.1, 0.15) is 56.1 Å². The van der Waals surface area contributed by atoms with Gasteiger partial charge in [-0.3, -0.25) is 4.79 Å². The van der Waals surface area contributed by atoms with E-state index in [-0.39, 0.29) is 6.42 Å². The molecular weight excluding hydrogens is 216 g/mol. The Kier molecular flexibility index (Phi) is 5.81. The van der Waals surface area contributed by atoms with Crippen molar-refractivity contribution in [1.29, 1.82) is 0 Å². The highest BCUT2D eigenvalue weighted by atomic mass is 16.4. The average molecular weight is 238 g/mol. The van der Waals surface area contributed by atoms with Gasteiger partial charge in [-0.25, -0.2) is 0 Å². The number of hydrogen-bond acceptors (Lipinski definition) is 2. The van der Waals surface area contributed by atoms with E-state index < -0.39 is 5.97 Å². The highest BCUT2D eigenvalue weighted by Gasteiger charge is 2.08. The molecule has 0 fully saturated rings. The molecule has 0 aromatic carbocycles. The Hall–Kier alpha value is -1.25. The van der Waals surface area contributed by atoms with E-state index >= 15 is 0 Å². The molecule has 96 valence electrons. The summed E-state index contributed by atoms with van der Waals surface area (Å²) in [6.45, 7) is 4.23. The maximum Gasteiger partial charge on any atom is 0.303 e. The van der Waals surface area contributed by atoms with Crippen LogP contribution < -0.4 is 0 Å². The van der Waals surface area contributed by atoms with E-state index in [1.807, 2.05) is 13.0 Å². The smallest absolute Gasteiger partial charge is 0.303 e. The fraction of sp³-hybridized carbons (Fsp3) is 0.643. The molecule has 1 rings (SSSR count). The van der Waals surface area contributed by atoms with Crippen molar-refractivity contribution in [3.63, 3.8) is 0 Å². The van der Waals surface area contributed by atoms with E-state index in [2.05, 4.69) is 6.92 Å². The lowest BCUT2D eigenvalue weighted by Crippen LogP contribution is -1.96. The topological polar surface area (TPSA) is 50.4 Å². The van der Waals surface area contributed by atoms with Crippen molar-refractivity contribution in [3.05, 3.63) is 23.2 Å². The van der Waals surface area contributed by atoms with Gasteiger partial charge in [0.1, 0.15) is 11.5 Å². The van der Waals surface area contributed by atoms with Crippen molar-refractivity contribution < 1.29 is 14.3 Å². The van der Waals surface area contributed by atoms with E-state index in [1.165, 1.54) is 19.3 Å². The van der Waals surface area contributed by atoms with E-state index in [1.54, 1.807) is 0 Å². The van der Waals surface area contributed by atoms with E-state index in [0.29, 0.717) is 6.42 Å². The molecule has 1 aromatic heterocycles. The molecule has 17 heavy (non-hydrogen) atoms. The summed E-state index contributed by atoms with van der Waals surface area (Å²) in [5.41, 5.74) is 1.15. The number of unbranched alkanes of at least 4 members (excludes halogenated alkanes) is 3. The number of carbonyl (C=O) groups is 1. The van der Waals surface area contributed by atoms with E-state index in [4.69, 9.17) is 9.52 Å². The second-order valence-electron chi connectivity index (χ2n) is 4.52. The lowest BCUT2D eigenvalue weighted by atomic mass is 10.1. The molecule has 0 unspecified atom stereocenters. The fourth-order valence-corrected chi connectivity index (χ4v) is 1.90. The quantitative estimate of drug-likeness (QED) is 0.702. The van der Waals surface area contributed by atoms with E-state index in [0.717, 1.165) is 29.9 Å². The van der Waals surface area contributed by atoms with Gasteiger partial charge in [0, 0.05) is 12.8 Å². The molecule has 0 radical (unpaired) electrons. The molecule has 0 saturated heterocycles. The van der Waals surface area contributed by atoms with Crippen LogP contribution >= 0.6 is 0 Å². The summed E-state index contributed by atoms with van der Waals surface area (Å²) in [4.78, 5) is 10.5. The van der Waals surface area contributed by atoms with Crippen LogP contribution in [0.25, 0.3) is 0 Å². The van der Waals surface area contributed by atoms with Crippen LogP contribution in [-0.4, -0.2) is 11.1 Å². The second kappa shape index (κ2) is 7.15. The van der Waals surface area contributed by atoms with Crippen LogP contribution in [0.15, 0.2) is 10.5 Å². The number of carboxylic acids is 1. The van der Waals surface area contributed by atoms with Gasteiger partial charge in [0.2, 0.25) is 0 Å². The minimum Gasteiger partial charge on any atom is -0.481 e. The number of carboxylic acid groups (broad SMARTS) is 1. The third-order valence-corrected chi connectivity index (χ3v) is 2.91. The van der Waals surface area contributed by atoms with Crippen molar-refractivity contribution >= 4 is 5.97 Å². The van der Waals surface area contributed by atoms with Crippen LogP contribution in [0, 0.1) is 6.92 Å². The number of aliphatic carboxylic acids is 1. The zero-order chi connectivity index (χ0) is 12.7. The highest BCUT2D eigenvalue weighted by molar-refractivity contribution is 5.66. The molecule has 0 bridgehead atoms. The minimum atomic E-state index is -0.774. The molecule has 1 heterocycles. The first kappa shape index (κ1) is 13.8. The molecule has 0 saturated carbocycles. The molecule has 1 N–H and O–H groups in total. The first-order valence-electron chi connectivity index (χ1n) is 6.43. The Labute approximate surface area is 103 Å². The highest BCUT2D eigenvalue weighted by Crippen LogP contribution is 2.18. The van der Waals surface area contributed by atoms with Gasteiger partial charge in [0.25, 0.3) is 0 Å². The Morgan fingerprint density at radius 1 is 1.29 bits per heavy atom. The molecule has 1 aromatic rings. The zero-order valence-corrected chi connectivity index (χ0v) is 10.8. The summed E-state index contributed by atoms with van der Waals surface area (Å²) in [5, 5.41) is 8.61. The lowest BCUT2D eigenvalue weighted by molar-refractivity contribution is -0.137. The summed E-state index contributed by atoms with van der Waals surface area (Å²) in [5.74, 6) is 1.06. The molecular formula is C14H22O3. The molecule has 0 amide bonds. The lowest BCUT2D eigenvalue weighted by Gasteiger charge is -1.98. The van der Waals surface area contributed by atoms with Crippen molar-refractivity contribution in [2.24, 2.45) is 0 Å². The molecule has 3 nitrogen and oxygen atoms in total. The van der Waals surface area contributed by atoms with Gasteiger partial charge in [-0.15, -0.1) is 0 Å². The van der Waals surface area contributed by atoms with Crippen LogP contribution in [-0.2, 0) is 17.6 Å². The van der Waals surface area contributed by atoms with Gasteiger partial charge < -0.3 is 9.52 Å². The van der Waals surface area contributed by atoms with Gasteiger partial charge in [-0.2, -0.15) is 0 Å². The Bertz CT molecular complexity index is 352. The van der Waals surface area contributed by atoms with Gasteiger partial charge in [0.15, 0.2) is 0 Å². The van der Waals surface area contributed by atoms with E-state index in [9.17, 15) is 4.79 Å². The van der Waals surface area contributed by atoms with Crippen LogP contribution in [0.2, 0.25) is 0 Å². The third kappa shape index (κ3) is 5.07. The number of aryl methyl sites for hydroxylation is 3. The molecule has 0 aliphatic carbocycles. The van der Waals surface area contributed by atoms with Crippen LogP contribution in [0.5, 0.6) is 0 Å². The first-order valence-corrected chi connectivity index (χ1v) is 6.43. The summed E-state index contributed by atoms with van der Waals surface area (Å²) in [7, 11) is 0. The van der Waals surface area contributed by atoms with Crippen LogP contribution in [0.4, 0.5) is 0 Å². The Morgan fingerprint density at radius 2 is 2.06 bits per heavy atom. The van der Waals surface area contributed by atoms with Crippen molar-refractivity contribution in [2.75, 3.05) is 0 Å². The Balaban J connectivity index is 2.41. The van der Waals surface area contributed by atoms with Gasteiger partial charge in [-0.05, 0) is 25.0 Å². The summed E-state index contributed by atoms with van der Waals surface area (Å²) >= 11 is 0. The maximum absolute atomic E-state index is 10.5. The molecule has 0 spiro atoms. The summed E-state index contributed by atoms with van der Waals surface area (Å²) in [6.07, 6.45) is 6.50. The monoisotopic (exact) mass is 238 g/mol. The largest absolute Gasteiger partial charge is 0.481 e. The summed E-state index contributed by atoms with van der Waals surface area (Å²) in [6, 6.07) is 1.97. The van der Waals surface area contributed by atoms with Gasteiger partial charge in [-0.1, -0.05) is 26.2 Å². The SMILES string of the molecule is CCCCCCc1oc(CCC(=O)O)cc1C. The normalized spacial score (nSPS) is 10.7. The fourth-order valence-electron chi connectivity index (χ4n) is 1.90. The van der Waals surface area contributed by atoms with Crippen molar-refractivity contribution in [3.8, 4) is 0 Å². The predicted octanol–water partition coefficient (Wildman–Crippen LogP) is 3.73. The average Bonchev–Trinajstić information content (AvgIpc) is 2.63. The standard InChI is InChI=1S/C14H22O3/c1-3-4-5-6-7-13-11(2)10-12(17-13)8-9-14(15)16/h10H,3-9H2,1-2H3,(H,15,16). The number of rotatable bonds is 8. The van der Waals surface area contributed by atoms with Crippen molar-refractivity contribution in [2.45, 2.75) is 58.8 Å². The first-order chi connectivity index (χ1) is 8.13. The predicted molar refractivity (Wildman–Crippen MR) is 67.2 cm³/mol. The Morgan fingerprint density at radius 3 is 2.71 bits per heavy atom. The molecule has 0 atom stereocenters. The number of hydrogen-bond donors (Lipinski definition) is 1. The molecule has 0 aliphatic heterocycles. The van der Waals surface area contributed by atoms with Crippen molar-refractivity contribution in [1.82, 2.24) is 0 Å². The van der Waals surface area contributed by atoms with Gasteiger partial charge in [0.05, 0.1) is 6.42 Å². The maximum atomic E-state index is 10.5. The molecule has 0 aliphatic rings.